The van der Waals surface area contributed by atoms with Crippen LogP contribution >= 0.6 is 0 Å². The van der Waals surface area contributed by atoms with Gasteiger partial charge in [0.2, 0.25) is 5.75 Å². The Hall–Kier alpha value is -2.17. The number of unbranched alkanes of at least 4 members (excludes halogenated alkanes) is 5. The monoisotopic (exact) mass is 389 g/mol. The van der Waals surface area contributed by atoms with Crippen LogP contribution in [0.25, 0.3) is 10.9 Å². The number of ether oxygens (including phenoxy) is 2. The summed E-state index contributed by atoms with van der Waals surface area (Å²) >= 11 is 0. The van der Waals surface area contributed by atoms with Crippen molar-refractivity contribution in [3.05, 3.63) is 28.6 Å². The van der Waals surface area contributed by atoms with E-state index in [0.717, 1.165) is 43.9 Å². The topological polar surface area (TPSA) is 60.7 Å². The Bertz CT molecular complexity index is 797. The van der Waals surface area contributed by atoms with Crippen LogP contribution in [0.2, 0.25) is 0 Å². The first-order valence-electron chi connectivity index (χ1n) is 10.8. The van der Waals surface area contributed by atoms with Gasteiger partial charge >= 0.3 is 0 Å². The van der Waals surface area contributed by atoms with Gasteiger partial charge in [0.1, 0.15) is 5.75 Å². The highest BCUT2D eigenvalue weighted by Crippen LogP contribution is 2.35. The molecule has 0 amide bonds. The Balaban J connectivity index is 2.48. The first kappa shape index (κ1) is 22.1. The number of hydrogen-bond acceptors (Lipinski definition) is 4. The minimum atomic E-state index is -0.175. The predicted molar refractivity (Wildman–Crippen MR) is 115 cm³/mol. The number of aromatic hydroxyl groups is 1. The summed E-state index contributed by atoms with van der Waals surface area (Å²) in [7, 11) is 0. The molecule has 0 radical (unpaired) electrons. The highest BCUT2D eigenvalue weighted by atomic mass is 16.5. The zero-order valence-electron chi connectivity index (χ0n) is 17.6. The van der Waals surface area contributed by atoms with Gasteiger partial charge in [0.05, 0.1) is 18.7 Å². The summed E-state index contributed by atoms with van der Waals surface area (Å²) < 4.78 is 13.7. The van der Waals surface area contributed by atoms with Crippen LogP contribution in [0.5, 0.6) is 17.2 Å². The van der Waals surface area contributed by atoms with Crippen molar-refractivity contribution < 1.29 is 14.6 Å². The van der Waals surface area contributed by atoms with Crippen LogP contribution in [0.1, 0.15) is 72.1 Å². The number of aromatic nitrogens is 1. The van der Waals surface area contributed by atoms with Crippen molar-refractivity contribution in [3.63, 3.8) is 0 Å². The normalized spacial score (nSPS) is 11.1. The SMILES string of the molecule is CCCCCCOc1c(OCCCC)c(=O)n(CCCC)c2cc(O)ccc12. The van der Waals surface area contributed by atoms with E-state index in [-0.39, 0.29) is 11.3 Å². The molecule has 2 rings (SSSR count). The molecular formula is C23H35NO4. The predicted octanol–water partition coefficient (Wildman–Crippen LogP) is 5.65. The van der Waals surface area contributed by atoms with Gasteiger partial charge in [-0.3, -0.25) is 4.79 Å². The number of phenols is 1. The van der Waals surface area contributed by atoms with Crippen LogP contribution in [-0.2, 0) is 6.54 Å². The van der Waals surface area contributed by atoms with E-state index >= 15 is 0 Å². The largest absolute Gasteiger partial charge is 0.508 e. The van der Waals surface area contributed by atoms with Crippen molar-refractivity contribution in [1.82, 2.24) is 4.57 Å². The molecule has 1 aromatic heterocycles. The molecule has 0 saturated heterocycles. The van der Waals surface area contributed by atoms with Gasteiger partial charge < -0.3 is 19.1 Å². The second-order valence-electron chi connectivity index (χ2n) is 7.28. The van der Waals surface area contributed by atoms with E-state index in [1.807, 2.05) is 6.07 Å². The molecule has 156 valence electrons. The molecule has 0 spiro atoms. The smallest absolute Gasteiger partial charge is 0.297 e. The van der Waals surface area contributed by atoms with Crippen molar-refractivity contribution >= 4 is 10.9 Å². The Morgan fingerprint density at radius 2 is 1.54 bits per heavy atom. The number of aryl methyl sites for hydroxylation is 1. The van der Waals surface area contributed by atoms with Crippen molar-refractivity contribution in [1.29, 1.82) is 0 Å². The molecule has 0 aliphatic heterocycles. The first-order chi connectivity index (χ1) is 13.6. The lowest BCUT2D eigenvalue weighted by atomic mass is 10.1. The van der Waals surface area contributed by atoms with Crippen LogP contribution in [0.15, 0.2) is 23.0 Å². The third kappa shape index (κ3) is 5.66. The zero-order valence-corrected chi connectivity index (χ0v) is 17.6. The summed E-state index contributed by atoms with van der Waals surface area (Å²) in [4.78, 5) is 13.2. The average Bonchev–Trinajstić information content (AvgIpc) is 2.69. The van der Waals surface area contributed by atoms with Crippen LogP contribution in [0.4, 0.5) is 0 Å². The fraction of sp³-hybridized carbons (Fsp3) is 0.609. The molecule has 0 aliphatic rings. The molecule has 28 heavy (non-hydrogen) atoms. The van der Waals surface area contributed by atoms with Gasteiger partial charge in [0.15, 0.2) is 5.75 Å². The van der Waals surface area contributed by atoms with Gasteiger partial charge in [-0.2, -0.15) is 0 Å². The van der Waals surface area contributed by atoms with Crippen LogP contribution in [-0.4, -0.2) is 22.9 Å². The van der Waals surface area contributed by atoms with Gasteiger partial charge in [0, 0.05) is 18.0 Å². The summed E-state index contributed by atoms with van der Waals surface area (Å²) in [5.41, 5.74) is 0.524. The second-order valence-corrected chi connectivity index (χ2v) is 7.28. The highest BCUT2D eigenvalue weighted by molar-refractivity contribution is 5.89. The van der Waals surface area contributed by atoms with E-state index in [1.165, 1.54) is 12.8 Å². The first-order valence-corrected chi connectivity index (χ1v) is 10.8. The lowest BCUT2D eigenvalue weighted by Gasteiger charge is -2.19. The van der Waals surface area contributed by atoms with Gasteiger partial charge in [-0.25, -0.2) is 0 Å². The van der Waals surface area contributed by atoms with Gasteiger partial charge in [-0.1, -0.05) is 52.9 Å². The summed E-state index contributed by atoms with van der Waals surface area (Å²) in [6.45, 7) is 8.01. The van der Waals surface area contributed by atoms with E-state index in [1.54, 1.807) is 16.7 Å². The van der Waals surface area contributed by atoms with Gasteiger partial charge in [0.25, 0.3) is 5.56 Å². The Labute approximate surface area is 168 Å². The summed E-state index contributed by atoms with van der Waals surface area (Å²) in [6.07, 6.45) is 8.15. The Morgan fingerprint density at radius 1 is 0.857 bits per heavy atom. The van der Waals surface area contributed by atoms with E-state index < -0.39 is 0 Å². The van der Waals surface area contributed by atoms with Crippen molar-refractivity contribution in [2.45, 2.75) is 78.7 Å². The summed E-state index contributed by atoms with van der Waals surface area (Å²) in [5.74, 6) is 0.962. The number of rotatable bonds is 13. The van der Waals surface area contributed by atoms with Gasteiger partial charge in [-0.15, -0.1) is 0 Å². The Morgan fingerprint density at radius 3 is 2.25 bits per heavy atom. The molecule has 1 heterocycles. The zero-order chi connectivity index (χ0) is 20.4. The lowest BCUT2D eigenvalue weighted by Crippen LogP contribution is -2.24. The number of hydrogen-bond donors (Lipinski definition) is 1. The van der Waals surface area contributed by atoms with E-state index in [2.05, 4.69) is 20.8 Å². The number of benzene rings is 1. The fourth-order valence-electron chi connectivity index (χ4n) is 3.22. The maximum atomic E-state index is 13.2. The lowest BCUT2D eigenvalue weighted by molar-refractivity contribution is 0.258. The van der Waals surface area contributed by atoms with Crippen LogP contribution < -0.4 is 15.0 Å². The minimum Gasteiger partial charge on any atom is -0.508 e. The minimum absolute atomic E-state index is 0.144. The van der Waals surface area contributed by atoms with Crippen molar-refractivity contribution in [3.8, 4) is 17.2 Å². The fourth-order valence-corrected chi connectivity index (χ4v) is 3.22. The molecule has 0 atom stereocenters. The third-order valence-corrected chi connectivity index (χ3v) is 4.89. The van der Waals surface area contributed by atoms with E-state index in [0.29, 0.717) is 36.8 Å². The molecule has 0 aliphatic carbocycles. The Kier molecular flexibility index (Phi) is 9.18. The number of phenolic OH excluding ortho intramolecular Hbond substituents is 1. The van der Waals surface area contributed by atoms with E-state index in [9.17, 15) is 9.90 Å². The standard InChI is InChI=1S/C23H35NO4/c1-4-7-10-11-16-27-21-19-13-12-18(25)17-20(19)24(14-8-5-2)23(26)22(21)28-15-9-6-3/h12-13,17,25H,4-11,14-16H2,1-3H3. The maximum Gasteiger partial charge on any atom is 0.297 e. The van der Waals surface area contributed by atoms with Crippen LogP contribution in [0, 0.1) is 0 Å². The maximum absolute atomic E-state index is 13.2. The molecule has 0 bridgehead atoms. The molecule has 5 heteroatoms. The van der Waals surface area contributed by atoms with Crippen molar-refractivity contribution in [2.75, 3.05) is 13.2 Å². The molecule has 5 nitrogen and oxygen atoms in total. The molecule has 1 N–H and O–H groups in total. The molecule has 0 saturated carbocycles. The average molecular weight is 390 g/mol. The van der Waals surface area contributed by atoms with Gasteiger partial charge in [-0.05, 0) is 31.4 Å². The molecule has 1 aromatic carbocycles. The highest BCUT2D eigenvalue weighted by Gasteiger charge is 2.20. The van der Waals surface area contributed by atoms with Crippen molar-refractivity contribution in [2.24, 2.45) is 0 Å². The quantitative estimate of drug-likeness (QED) is 0.450. The number of fused-ring (bicyclic) bond motifs is 1. The molecule has 0 unspecified atom stereocenters. The summed E-state index contributed by atoms with van der Waals surface area (Å²) in [5, 5.41) is 10.8. The second kappa shape index (κ2) is 11.6. The van der Waals surface area contributed by atoms with Crippen LogP contribution in [0.3, 0.4) is 0 Å². The number of nitrogens with zero attached hydrogens (tertiary/aromatic N) is 1. The molecule has 0 fully saturated rings. The third-order valence-electron chi connectivity index (χ3n) is 4.89. The molecular weight excluding hydrogens is 354 g/mol. The number of pyridine rings is 1. The molecule has 2 aromatic rings. The summed E-state index contributed by atoms with van der Waals surface area (Å²) in [6, 6.07) is 5.10. The van der Waals surface area contributed by atoms with E-state index in [4.69, 9.17) is 9.47 Å².